The predicted molar refractivity (Wildman–Crippen MR) is 105 cm³/mol. The molecule has 146 valence electrons. The molecular weight excluding hydrogens is 428 g/mol. The maximum Gasteiger partial charge on any atom is 0.286 e. The minimum absolute atomic E-state index is 0.328. The normalized spacial score (nSPS) is 10.6. The van der Waals surface area contributed by atoms with Crippen LogP contribution >= 0.6 is 15.9 Å². The van der Waals surface area contributed by atoms with Crippen molar-refractivity contribution in [2.75, 3.05) is 0 Å². The lowest BCUT2D eigenvalue weighted by atomic mass is 10.2. The lowest BCUT2D eigenvalue weighted by Gasteiger charge is -2.09. The minimum Gasteiger partial charge on any atom is -0.489 e. The third-order valence-corrected chi connectivity index (χ3v) is 4.61. The Morgan fingerprint density at radius 2 is 1.86 bits per heavy atom. The van der Waals surface area contributed by atoms with Crippen molar-refractivity contribution in [3.05, 3.63) is 69.3 Å². The number of carbonyl (C=O) groups is 2. The zero-order valence-corrected chi connectivity index (χ0v) is 17.2. The molecule has 0 aliphatic heterocycles. The second-order valence-corrected chi connectivity index (χ2v) is 7.09. The van der Waals surface area contributed by atoms with Gasteiger partial charge < -0.3 is 13.8 Å². The van der Waals surface area contributed by atoms with E-state index in [0.717, 1.165) is 21.5 Å². The average molecular weight is 447 g/mol. The molecule has 0 aliphatic rings. The number of nitrogens with zero attached hydrogens (tertiary/aromatic N) is 2. The zero-order valence-electron chi connectivity index (χ0n) is 15.6. The van der Waals surface area contributed by atoms with Gasteiger partial charge in [0.2, 0.25) is 0 Å². The number of benzene rings is 1. The predicted octanol–water partition coefficient (Wildman–Crippen LogP) is 3.05. The number of ether oxygens (including phenoxy) is 1. The van der Waals surface area contributed by atoms with Gasteiger partial charge in [-0.3, -0.25) is 20.4 Å². The summed E-state index contributed by atoms with van der Waals surface area (Å²) in [5.74, 6) is 0.476. The van der Waals surface area contributed by atoms with Crippen molar-refractivity contribution in [2.45, 2.75) is 20.5 Å². The molecule has 8 nitrogen and oxygen atoms in total. The molecule has 9 heteroatoms. The maximum absolute atomic E-state index is 12.2. The fraction of sp³-hybridized carbons (Fsp3) is 0.211. The second kappa shape index (κ2) is 8.30. The molecule has 3 aromatic rings. The number of amides is 2. The van der Waals surface area contributed by atoms with Crippen molar-refractivity contribution in [1.29, 1.82) is 0 Å². The van der Waals surface area contributed by atoms with E-state index < -0.39 is 11.8 Å². The zero-order chi connectivity index (χ0) is 20.3. The summed E-state index contributed by atoms with van der Waals surface area (Å²) >= 11 is 3.30. The largest absolute Gasteiger partial charge is 0.489 e. The van der Waals surface area contributed by atoms with Gasteiger partial charge in [0, 0.05) is 23.3 Å². The first-order chi connectivity index (χ1) is 13.3. The Kier molecular flexibility index (Phi) is 5.84. The van der Waals surface area contributed by atoms with Crippen molar-refractivity contribution < 1.29 is 18.8 Å². The van der Waals surface area contributed by atoms with Gasteiger partial charge in [-0.15, -0.1) is 0 Å². The maximum atomic E-state index is 12.2. The molecule has 0 fully saturated rings. The average Bonchev–Trinajstić information content (AvgIpc) is 3.18. The molecule has 3 rings (SSSR count). The number of rotatable bonds is 5. The Morgan fingerprint density at radius 1 is 1.18 bits per heavy atom. The van der Waals surface area contributed by atoms with E-state index in [2.05, 4.69) is 31.9 Å². The highest BCUT2D eigenvalue weighted by Crippen LogP contribution is 2.18. The van der Waals surface area contributed by atoms with Gasteiger partial charge in [-0.25, -0.2) is 0 Å². The minimum atomic E-state index is -0.432. The number of carbonyl (C=O) groups excluding carboxylic acids is 2. The molecule has 0 spiro atoms. The summed E-state index contributed by atoms with van der Waals surface area (Å²) in [7, 11) is 1.74. The van der Waals surface area contributed by atoms with Crippen LogP contribution < -0.4 is 15.6 Å². The van der Waals surface area contributed by atoms with Gasteiger partial charge in [0.1, 0.15) is 23.8 Å². The highest BCUT2D eigenvalue weighted by molar-refractivity contribution is 9.10. The van der Waals surface area contributed by atoms with Crippen molar-refractivity contribution in [3.8, 4) is 5.75 Å². The monoisotopic (exact) mass is 446 g/mol. The molecule has 0 aliphatic carbocycles. The summed E-state index contributed by atoms with van der Waals surface area (Å²) in [6, 6.07) is 8.26. The van der Waals surface area contributed by atoms with Crippen LogP contribution in [0.5, 0.6) is 5.75 Å². The molecule has 2 aromatic heterocycles. The number of hydrogen-bond acceptors (Lipinski definition) is 5. The number of hydrazine groups is 1. The Bertz CT molecular complexity index is 988. The lowest BCUT2D eigenvalue weighted by Crippen LogP contribution is -2.42. The molecule has 2 heterocycles. The third kappa shape index (κ3) is 4.42. The van der Waals surface area contributed by atoms with Gasteiger partial charge in [-0.1, -0.05) is 5.16 Å². The summed E-state index contributed by atoms with van der Waals surface area (Å²) in [6.07, 6.45) is 1.75. The summed E-state index contributed by atoms with van der Waals surface area (Å²) < 4.78 is 13.2. The quantitative estimate of drug-likeness (QED) is 0.586. The fourth-order valence-electron chi connectivity index (χ4n) is 2.57. The molecule has 2 N–H and O–H groups in total. The summed E-state index contributed by atoms with van der Waals surface area (Å²) in [4.78, 5) is 24.3. The molecule has 28 heavy (non-hydrogen) atoms. The molecule has 2 amide bonds. The van der Waals surface area contributed by atoms with E-state index in [0.29, 0.717) is 23.6 Å². The first-order valence-corrected chi connectivity index (χ1v) is 9.21. The fourth-order valence-corrected chi connectivity index (χ4v) is 3.09. The van der Waals surface area contributed by atoms with E-state index in [-0.39, 0.29) is 0 Å². The van der Waals surface area contributed by atoms with E-state index in [1.54, 1.807) is 48.1 Å². The van der Waals surface area contributed by atoms with Crippen molar-refractivity contribution >= 4 is 27.7 Å². The van der Waals surface area contributed by atoms with Crippen LogP contribution in [0.15, 0.2) is 45.5 Å². The molecule has 1 aromatic carbocycles. The van der Waals surface area contributed by atoms with Crippen LogP contribution in [0.3, 0.4) is 0 Å². The highest BCUT2D eigenvalue weighted by atomic mass is 79.9. The van der Waals surface area contributed by atoms with Crippen LogP contribution in [0.2, 0.25) is 0 Å². The highest BCUT2D eigenvalue weighted by Gasteiger charge is 2.13. The van der Waals surface area contributed by atoms with Gasteiger partial charge >= 0.3 is 0 Å². The number of hydrogen-bond donors (Lipinski definition) is 2. The second-order valence-electron chi connectivity index (χ2n) is 6.18. The number of halogens is 1. The number of aryl methyl sites for hydroxylation is 3. The molecular formula is C19H19BrN4O4. The number of nitrogens with one attached hydrogen (secondary N) is 2. The smallest absolute Gasteiger partial charge is 0.286 e. The van der Waals surface area contributed by atoms with E-state index in [4.69, 9.17) is 9.26 Å². The van der Waals surface area contributed by atoms with Crippen LogP contribution in [0.25, 0.3) is 0 Å². The first kappa shape index (κ1) is 19.7. The van der Waals surface area contributed by atoms with Gasteiger partial charge in [0.25, 0.3) is 11.8 Å². The Labute approximate surface area is 169 Å². The molecule has 0 unspecified atom stereocenters. The molecule has 0 radical (unpaired) electrons. The van der Waals surface area contributed by atoms with Crippen LogP contribution in [0.4, 0.5) is 0 Å². The summed E-state index contributed by atoms with van der Waals surface area (Å²) in [5.41, 5.74) is 7.27. The van der Waals surface area contributed by atoms with Gasteiger partial charge in [0.05, 0.1) is 11.3 Å². The van der Waals surface area contributed by atoms with Crippen molar-refractivity contribution in [3.63, 3.8) is 0 Å². The lowest BCUT2D eigenvalue weighted by molar-refractivity contribution is 0.0842. The topological polar surface area (TPSA) is 98.4 Å². The van der Waals surface area contributed by atoms with E-state index in [1.165, 1.54) is 0 Å². The first-order valence-electron chi connectivity index (χ1n) is 8.42. The van der Waals surface area contributed by atoms with E-state index in [1.807, 2.05) is 13.8 Å². The summed E-state index contributed by atoms with van der Waals surface area (Å²) in [5, 5.41) is 3.88. The van der Waals surface area contributed by atoms with Crippen LogP contribution in [0.1, 0.15) is 37.9 Å². The Morgan fingerprint density at radius 3 is 2.43 bits per heavy atom. The van der Waals surface area contributed by atoms with Crippen molar-refractivity contribution in [1.82, 2.24) is 20.6 Å². The van der Waals surface area contributed by atoms with E-state index >= 15 is 0 Å². The van der Waals surface area contributed by atoms with Crippen LogP contribution in [0, 0.1) is 13.8 Å². The Hall–Kier alpha value is -3.07. The molecule has 0 atom stereocenters. The molecule has 0 saturated heterocycles. The third-order valence-electron chi connectivity index (χ3n) is 4.17. The van der Waals surface area contributed by atoms with Gasteiger partial charge in [0.15, 0.2) is 0 Å². The number of aromatic nitrogens is 2. The van der Waals surface area contributed by atoms with Crippen LogP contribution in [-0.2, 0) is 13.7 Å². The molecule has 0 saturated carbocycles. The standard InChI is InChI=1S/C19H19BrN4O4/c1-11-16(12(2)28-23-11)10-27-15-6-4-13(5-7-15)18(25)21-22-19(26)17-8-14(20)9-24(17)3/h4-9H,10H2,1-3H3,(H,21,25)(H,22,26). The van der Waals surface area contributed by atoms with Crippen molar-refractivity contribution in [2.24, 2.45) is 7.05 Å². The van der Waals surface area contributed by atoms with Gasteiger partial charge in [-0.2, -0.15) is 0 Å². The SMILES string of the molecule is Cc1noc(C)c1COc1ccc(C(=O)NNC(=O)c2cc(Br)cn2C)cc1. The molecule has 0 bridgehead atoms. The summed E-state index contributed by atoms with van der Waals surface area (Å²) in [6.45, 7) is 4.01. The van der Waals surface area contributed by atoms with Gasteiger partial charge in [-0.05, 0) is 60.1 Å². The Balaban J connectivity index is 1.55. The van der Waals surface area contributed by atoms with E-state index in [9.17, 15) is 9.59 Å². The van der Waals surface area contributed by atoms with Crippen LogP contribution in [-0.4, -0.2) is 21.5 Å².